The van der Waals surface area contributed by atoms with Crippen LogP contribution in [0.2, 0.25) is 0 Å². The summed E-state index contributed by atoms with van der Waals surface area (Å²) in [6.45, 7) is 2.01. The lowest BCUT2D eigenvalue weighted by atomic mass is 10.1. The van der Waals surface area contributed by atoms with Gasteiger partial charge in [-0.15, -0.1) is 0 Å². The number of nitrogens with two attached hydrogens (primary N) is 1. The summed E-state index contributed by atoms with van der Waals surface area (Å²) in [6, 6.07) is 13.3. The Hall–Kier alpha value is -2.14. The summed E-state index contributed by atoms with van der Waals surface area (Å²) < 4.78 is 6.37. The van der Waals surface area contributed by atoms with Gasteiger partial charge in [-0.25, -0.2) is 0 Å². The lowest BCUT2D eigenvalue weighted by Gasteiger charge is -2.00. The van der Waals surface area contributed by atoms with E-state index in [1.165, 1.54) is 0 Å². The molecule has 4 nitrogen and oxygen atoms in total. The maximum atomic E-state index is 5.67. The van der Waals surface area contributed by atoms with E-state index < -0.39 is 0 Å². The Balaban J connectivity index is 1.99. The Labute approximate surface area is 124 Å². The van der Waals surface area contributed by atoms with E-state index in [0.717, 1.165) is 21.2 Å². The standard InChI is InChI=1S/C15H12BrN3O/c1-9-8-11(16)4-7-13(9)15-18-14(19-20-15)10-2-5-12(17)6-3-10/h2-8H,17H2,1H3. The Morgan fingerprint density at radius 1 is 1.10 bits per heavy atom. The van der Waals surface area contributed by atoms with Gasteiger partial charge in [-0.3, -0.25) is 0 Å². The molecule has 2 aromatic carbocycles. The van der Waals surface area contributed by atoms with Crippen LogP contribution < -0.4 is 5.73 Å². The SMILES string of the molecule is Cc1cc(Br)ccc1-c1nc(-c2ccc(N)cc2)no1. The zero-order valence-electron chi connectivity index (χ0n) is 10.8. The van der Waals surface area contributed by atoms with Crippen LogP contribution in [0.5, 0.6) is 0 Å². The number of nitrogens with zero attached hydrogens (tertiary/aromatic N) is 2. The monoisotopic (exact) mass is 329 g/mol. The lowest BCUT2D eigenvalue weighted by molar-refractivity contribution is 0.432. The van der Waals surface area contributed by atoms with Gasteiger partial charge in [-0.1, -0.05) is 21.1 Å². The van der Waals surface area contributed by atoms with Gasteiger partial charge in [-0.05, 0) is 55.0 Å². The number of hydrogen-bond donors (Lipinski definition) is 1. The molecule has 20 heavy (non-hydrogen) atoms. The molecular formula is C15H12BrN3O. The fourth-order valence-electron chi connectivity index (χ4n) is 1.95. The van der Waals surface area contributed by atoms with E-state index in [0.29, 0.717) is 17.4 Å². The molecule has 2 N–H and O–H groups in total. The summed E-state index contributed by atoms with van der Waals surface area (Å²) in [5, 5.41) is 4.02. The highest BCUT2D eigenvalue weighted by atomic mass is 79.9. The summed E-state index contributed by atoms with van der Waals surface area (Å²) in [5.74, 6) is 1.07. The largest absolute Gasteiger partial charge is 0.399 e. The molecule has 100 valence electrons. The Bertz CT molecular complexity index is 750. The summed E-state index contributed by atoms with van der Waals surface area (Å²) in [7, 11) is 0. The fraction of sp³-hybridized carbons (Fsp3) is 0.0667. The minimum atomic E-state index is 0.516. The predicted molar refractivity (Wildman–Crippen MR) is 82.0 cm³/mol. The number of hydrogen-bond acceptors (Lipinski definition) is 4. The highest BCUT2D eigenvalue weighted by Crippen LogP contribution is 2.27. The molecule has 0 saturated heterocycles. The molecule has 0 atom stereocenters. The van der Waals surface area contributed by atoms with E-state index >= 15 is 0 Å². The van der Waals surface area contributed by atoms with Crippen molar-refractivity contribution in [1.29, 1.82) is 0 Å². The third-order valence-corrected chi connectivity index (χ3v) is 3.51. The molecule has 1 heterocycles. The quantitative estimate of drug-likeness (QED) is 0.720. The highest BCUT2D eigenvalue weighted by molar-refractivity contribution is 9.10. The van der Waals surface area contributed by atoms with E-state index in [1.54, 1.807) is 0 Å². The van der Waals surface area contributed by atoms with E-state index in [2.05, 4.69) is 26.1 Å². The van der Waals surface area contributed by atoms with Gasteiger partial charge in [0.25, 0.3) is 5.89 Å². The number of aromatic nitrogens is 2. The molecule has 0 bridgehead atoms. The van der Waals surface area contributed by atoms with Gasteiger partial charge in [-0.2, -0.15) is 4.98 Å². The van der Waals surface area contributed by atoms with Gasteiger partial charge in [0.2, 0.25) is 5.82 Å². The first-order valence-corrected chi connectivity index (χ1v) is 6.89. The highest BCUT2D eigenvalue weighted by Gasteiger charge is 2.12. The van der Waals surface area contributed by atoms with Crippen molar-refractivity contribution in [3.63, 3.8) is 0 Å². The van der Waals surface area contributed by atoms with Crippen LogP contribution in [-0.4, -0.2) is 10.1 Å². The molecule has 0 amide bonds. The smallest absolute Gasteiger partial charge is 0.258 e. The first kappa shape index (κ1) is 12.9. The van der Waals surface area contributed by atoms with Gasteiger partial charge >= 0.3 is 0 Å². The molecule has 0 fully saturated rings. The third kappa shape index (κ3) is 2.44. The van der Waals surface area contributed by atoms with Crippen LogP contribution in [0.15, 0.2) is 51.5 Å². The van der Waals surface area contributed by atoms with Gasteiger partial charge in [0.05, 0.1) is 0 Å². The number of benzene rings is 2. The molecule has 0 aliphatic rings. The van der Waals surface area contributed by atoms with Crippen LogP contribution in [0, 0.1) is 6.92 Å². The minimum absolute atomic E-state index is 0.516. The molecule has 1 aromatic heterocycles. The maximum Gasteiger partial charge on any atom is 0.258 e. The molecule has 3 rings (SSSR count). The van der Waals surface area contributed by atoms with Crippen LogP contribution in [0.25, 0.3) is 22.8 Å². The van der Waals surface area contributed by atoms with Crippen molar-refractivity contribution in [2.24, 2.45) is 0 Å². The summed E-state index contributed by atoms with van der Waals surface area (Å²) in [6.07, 6.45) is 0. The summed E-state index contributed by atoms with van der Waals surface area (Å²) in [5.41, 5.74) is 9.26. The molecule has 0 spiro atoms. The van der Waals surface area contributed by atoms with Gasteiger partial charge in [0, 0.05) is 21.3 Å². The van der Waals surface area contributed by atoms with Crippen molar-refractivity contribution in [3.05, 3.63) is 52.5 Å². The second-order valence-electron chi connectivity index (χ2n) is 4.50. The lowest BCUT2D eigenvalue weighted by Crippen LogP contribution is -1.86. The van der Waals surface area contributed by atoms with Crippen LogP contribution >= 0.6 is 15.9 Å². The van der Waals surface area contributed by atoms with Gasteiger partial charge in [0.15, 0.2) is 0 Å². The maximum absolute atomic E-state index is 5.67. The first-order valence-electron chi connectivity index (χ1n) is 6.09. The van der Waals surface area contributed by atoms with E-state index in [1.807, 2.05) is 49.4 Å². The molecule has 0 saturated carbocycles. The average molecular weight is 330 g/mol. The van der Waals surface area contributed by atoms with E-state index in [4.69, 9.17) is 10.3 Å². The topological polar surface area (TPSA) is 64.9 Å². The first-order chi connectivity index (χ1) is 9.63. The second kappa shape index (κ2) is 5.09. The fourth-order valence-corrected chi connectivity index (χ4v) is 2.42. The average Bonchev–Trinajstić information content (AvgIpc) is 2.89. The van der Waals surface area contributed by atoms with Crippen molar-refractivity contribution in [2.75, 3.05) is 5.73 Å². The molecular weight excluding hydrogens is 318 g/mol. The molecule has 0 unspecified atom stereocenters. The number of halogens is 1. The van der Waals surface area contributed by atoms with E-state index in [-0.39, 0.29) is 0 Å². The molecule has 0 radical (unpaired) electrons. The summed E-state index contributed by atoms with van der Waals surface area (Å²) >= 11 is 3.44. The van der Waals surface area contributed by atoms with Crippen molar-refractivity contribution in [3.8, 4) is 22.8 Å². The second-order valence-corrected chi connectivity index (χ2v) is 5.42. The zero-order valence-corrected chi connectivity index (χ0v) is 12.4. The normalized spacial score (nSPS) is 10.7. The van der Waals surface area contributed by atoms with Crippen molar-refractivity contribution in [2.45, 2.75) is 6.92 Å². The number of anilines is 1. The van der Waals surface area contributed by atoms with Crippen LogP contribution in [0.1, 0.15) is 5.56 Å². The summed E-state index contributed by atoms with van der Waals surface area (Å²) in [4.78, 5) is 4.44. The number of rotatable bonds is 2. The minimum Gasteiger partial charge on any atom is -0.399 e. The Morgan fingerprint density at radius 2 is 1.85 bits per heavy atom. The van der Waals surface area contributed by atoms with Crippen LogP contribution in [0.3, 0.4) is 0 Å². The number of nitrogen functional groups attached to an aromatic ring is 1. The predicted octanol–water partition coefficient (Wildman–Crippen LogP) is 4.06. The zero-order chi connectivity index (χ0) is 14.1. The molecule has 0 aliphatic carbocycles. The molecule has 3 aromatic rings. The number of aryl methyl sites for hydroxylation is 1. The molecule has 5 heteroatoms. The molecule has 0 aliphatic heterocycles. The van der Waals surface area contributed by atoms with Crippen LogP contribution in [-0.2, 0) is 0 Å². The van der Waals surface area contributed by atoms with Crippen molar-refractivity contribution in [1.82, 2.24) is 10.1 Å². The third-order valence-electron chi connectivity index (χ3n) is 3.01. The Morgan fingerprint density at radius 3 is 2.55 bits per heavy atom. The van der Waals surface area contributed by atoms with E-state index in [9.17, 15) is 0 Å². The van der Waals surface area contributed by atoms with Crippen LogP contribution in [0.4, 0.5) is 5.69 Å². The Kier molecular flexibility index (Phi) is 3.28. The van der Waals surface area contributed by atoms with Crippen molar-refractivity contribution >= 4 is 21.6 Å². The van der Waals surface area contributed by atoms with Gasteiger partial charge in [0.1, 0.15) is 0 Å². The van der Waals surface area contributed by atoms with Crippen molar-refractivity contribution < 1.29 is 4.52 Å². The van der Waals surface area contributed by atoms with Gasteiger partial charge < -0.3 is 10.3 Å².